The first-order chi connectivity index (χ1) is 3.93. The number of hydrogen-bond acceptors (Lipinski definition) is 2. The van der Waals surface area contributed by atoms with Crippen LogP contribution >= 0.6 is 0 Å². The van der Waals surface area contributed by atoms with Crippen LogP contribution in [0.25, 0.3) is 0 Å². The van der Waals surface area contributed by atoms with Crippen LogP contribution in [0.1, 0.15) is 10.5 Å². The highest BCUT2D eigenvalue weighted by Crippen LogP contribution is 1.84. The summed E-state index contributed by atoms with van der Waals surface area (Å²) in [5.74, 6) is 0. The number of aromatic nitrogens is 1. The monoisotopic (exact) mass is 106 g/mol. The SMILES string of the molecule is O=Cc1ccc[c]n1. The number of hydrogen-bond donors (Lipinski definition) is 0. The summed E-state index contributed by atoms with van der Waals surface area (Å²) in [6.07, 6.45) is 3.22. The minimum Gasteiger partial charge on any atom is -0.296 e. The molecule has 1 aromatic heterocycles. The predicted octanol–water partition coefficient (Wildman–Crippen LogP) is 0.694. The van der Waals surface area contributed by atoms with Crippen LogP contribution < -0.4 is 0 Å². The second-order valence-corrected chi connectivity index (χ2v) is 1.31. The van der Waals surface area contributed by atoms with Crippen molar-refractivity contribution in [2.24, 2.45) is 0 Å². The van der Waals surface area contributed by atoms with Gasteiger partial charge in [0.2, 0.25) is 0 Å². The molecule has 0 saturated heterocycles. The average Bonchev–Trinajstić information content (AvgIpc) is 1.90. The topological polar surface area (TPSA) is 30.0 Å². The van der Waals surface area contributed by atoms with Crippen molar-refractivity contribution >= 4 is 6.29 Å². The van der Waals surface area contributed by atoms with Gasteiger partial charge in [0.05, 0.1) is 6.20 Å². The molecular weight excluding hydrogens is 102 g/mol. The fourth-order valence-electron chi connectivity index (χ4n) is 0.404. The number of rotatable bonds is 1. The van der Waals surface area contributed by atoms with Crippen LogP contribution in [0.4, 0.5) is 0 Å². The molecule has 0 bridgehead atoms. The van der Waals surface area contributed by atoms with E-state index in [0.717, 1.165) is 0 Å². The molecule has 0 aliphatic carbocycles. The standard InChI is InChI=1S/C6H4NO/c8-5-6-3-1-2-4-7-6/h1-3,5H. The molecule has 0 aliphatic heterocycles. The maximum atomic E-state index is 9.92. The Kier molecular flexibility index (Phi) is 1.37. The van der Waals surface area contributed by atoms with E-state index in [0.29, 0.717) is 12.0 Å². The molecule has 8 heavy (non-hydrogen) atoms. The molecule has 0 saturated carbocycles. The largest absolute Gasteiger partial charge is 0.296 e. The third-order valence-electron chi connectivity index (χ3n) is 0.752. The summed E-state index contributed by atoms with van der Waals surface area (Å²) in [7, 11) is 0. The highest BCUT2D eigenvalue weighted by atomic mass is 16.1. The summed E-state index contributed by atoms with van der Waals surface area (Å²) < 4.78 is 0. The number of carbonyl (C=O) groups is 1. The summed E-state index contributed by atoms with van der Waals surface area (Å²) in [6, 6.07) is 4.99. The Morgan fingerprint density at radius 2 is 2.62 bits per heavy atom. The summed E-state index contributed by atoms with van der Waals surface area (Å²) in [4.78, 5) is 13.5. The molecule has 0 spiro atoms. The maximum Gasteiger partial charge on any atom is 0.168 e. The summed E-state index contributed by atoms with van der Waals surface area (Å²) >= 11 is 0. The summed E-state index contributed by atoms with van der Waals surface area (Å²) in [5.41, 5.74) is 0.424. The van der Waals surface area contributed by atoms with Crippen LogP contribution in [-0.4, -0.2) is 11.3 Å². The lowest BCUT2D eigenvalue weighted by atomic mass is 10.4. The van der Waals surface area contributed by atoms with Crippen molar-refractivity contribution in [3.8, 4) is 0 Å². The quantitative estimate of drug-likeness (QED) is 0.493. The van der Waals surface area contributed by atoms with E-state index in [9.17, 15) is 4.79 Å². The zero-order chi connectivity index (χ0) is 5.82. The second-order valence-electron chi connectivity index (χ2n) is 1.31. The minimum atomic E-state index is 0.424. The van der Waals surface area contributed by atoms with Gasteiger partial charge in [-0.15, -0.1) is 0 Å². The molecule has 0 unspecified atom stereocenters. The smallest absolute Gasteiger partial charge is 0.168 e. The molecule has 0 amide bonds. The molecule has 0 atom stereocenters. The second kappa shape index (κ2) is 2.21. The van der Waals surface area contributed by atoms with Crippen molar-refractivity contribution in [1.82, 2.24) is 4.98 Å². The molecule has 0 aromatic carbocycles. The molecule has 0 N–H and O–H groups in total. The van der Waals surface area contributed by atoms with E-state index in [2.05, 4.69) is 11.2 Å². The fraction of sp³-hybridized carbons (Fsp3) is 0. The van der Waals surface area contributed by atoms with Crippen molar-refractivity contribution in [3.63, 3.8) is 0 Å². The van der Waals surface area contributed by atoms with Gasteiger partial charge in [0.25, 0.3) is 0 Å². The van der Waals surface area contributed by atoms with E-state index in [1.54, 1.807) is 18.2 Å². The lowest BCUT2D eigenvalue weighted by Gasteiger charge is -1.80. The molecule has 39 valence electrons. The predicted molar refractivity (Wildman–Crippen MR) is 28.5 cm³/mol. The molecule has 1 heterocycles. The van der Waals surface area contributed by atoms with Crippen molar-refractivity contribution in [2.45, 2.75) is 0 Å². The van der Waals surface area contributed by atoms with Crippen molar-refractivity contribution in [3.05, 3.63) is 30.1 Å². The van der Waals surface area contributed by atoms with E-state index < -0.39 is 0 Å². The maximum absolute atomic E-state index is 9.92. The first-order valence-electron chi connectivity index (χ1n) is 2.22. The highest BCUT2D eigenvalue weighted by Gasteiger charge is 1.82. The van der Waals surface area contributed by atoms with E-state index in [-0.39, 0.29) is 0 Å². The minimum absolute atomic E-state index is 0.424. The Labute approximate surface area is 47.2 Å². The van der Waals surface area contributed by atoms with Gasteiger partial charge < -0.3 is 0 Å². The van der Waals surface area contributed by atoms with Crippen LogP contribution in [0, 0.1) is 6.20 Å². The van der Waals surface area contributed by atoms with Crippen molar-refractivity contribution in [2.75, 3.05) is 0 Å². The van der Waals surface area contributed by atoms with Crippen LogP contribution in [0.3, 0.4) is 0 Å². The number of nitrogens with zero attached hydrogens (tertiary/aromatic N) is 1. The Morgan fingerprint density at radius 1 is 1.75 bits per heavy atom. The van der Waals surface area contributed by atoms with Gasteiger partial charge in [-0.3, -0.25) is 4.79 Å². The molecular formula is C6H4NO. The lowest BCUT2D eigenvalue weighted by Crippen LogP contribution is -1.81. The summed E-state index contributed by atoms with van der Waals surface area (Å²) in [6.45, 7) is 0. The molecule has 0 aliphatic rings. The van der Waals surface area contributed by atoms with E-state index in [1.165, 1.54) is 0 Å². The van der Waals surface area contributed by atoms with Gasteiger partial charge in [0, 0.05) is 0 Å². The van der Waals surface area contributed by atoms with Gasteiger partial charge >= 0.3 is 0 Å². The van der Waals surface area contributed by atoms with E-state index in [1.807, 2.05) is 0 Å². The molecule has 0 fully saturated rings. The fourth-order valence-corrected chi connectivity index (χ4v) is 0.404. The molecule has 1 aromatic rings. The van der Waals surface area contributed by atoms with Crippen molar-refractivity contribution in [1.29, 1.82) is 0 Å². The first kappa shape index (κ1) is 4.97. The average molecular weight is 106 g/mol. The Hall–Kier alpha value is -1.18. The molecule has 2 nitrogen and oxygen atoms in total. The lowest BCUT2D eigenvalue weighted by molar-refractivity contribution is 0.111. The third-order valence-corrected chi connectivity index (χ3v) is 0.752. The molecule has 1 rings (SSSR count). The van der Waals surface area contributed by atoms with Crippen LogP contribution in [0.5, 0.6) is 0 Å². The van der Waals surface area contributed by atoms with Gasteiger partial charge in [0.1, 0.15) is 5.69 Å². The van der Waals surface area contributed by atoms with E-state index in [4.69, 9.17) is 0 Å². The zero-order valence-electron chi connectivity index (χ0n) is 4.16. The normalized spacial score (nSPS) is 8.50. The van der Waals surface area contributed by atoms with Crippen LogP contribution in [-0.2, 0) is 0 Å². The zero-order valence-corrected chi connectivity index (χ0v) is 4.16. The Morgan fingerprint density at radius 3 is 3.00 bits per heavy atom. The molecule has 1 radical (unpaired) electrons. The molecule has 2 heteroatoms. The van der Waals surface area contributed by atoms with Crippen LogP contribution in [0.15, 0.2) is 18.2 Å². The third kappa shape index (κ3) is 0.904. The van der Waals surface area contributed by atoms with Crippen LogP contribution in [0.2, 0.25) is 0 Å². The number of pyridine rings is 1. The Bertz CT molecular complexity index is 171. The van der Waals surface area contributed by atoms with E-state index >= 15 is 0 Å². The Balaban J connectivity index is 2.99. The van der Waals surface area contributed by atoms with Gasteiger partial charge in [-0.1, -0.05) is 6.07 Å². The first-order valence-corrected chi connectivity index (χ1v) is 2.22. The highest BCUT2D eigenvalue weighted by molar-refractivity contribution is 5.71. The van der Waals surface area contributed by atoms with Gasteiger partial charge in [-0.05, 0) is 12.1 Å². The van der Waals surface area contributed by atoms with Gasteiger partial charge in [-0.25, -0.2) is 4.98 Å². The number of carbonyl (C=O) groups excluding carboxylic acids is 1. The van der Waals surface area contributed by atoms with Gasteiger partial charge in [0.15, 0.2) is 6.29 Å². The number of aldehydes is 1. The van der Waals surface area contributed by atoms with Crippen molar-refractivity contribution < 1.29 is 4.79 Å². The van der Waals surface area contributed by atoms with Gasteiger partial charge in [-0.2, -0.15) is 0 Å². The summed E-state index contributed by atoms with van der Waals surface area (Å²) in [5, 5.41) is 0.